The molecule has 0 aliphatic rings. The molecule has 0 saturated carbocycles. The van der Waals surface area contributed by atoms with Gasteiger partial charge >= 0.3 is 6.36 Å². The van der Waals surface area contributed by atoms with E-state index in [1.54, 1.807) is 26.1 Å². The average Bonchev–Trinajstić information content (AvgIpc) is 2.14. The van der Waals surface area contributed by atoms with Crippen LogP contribution < -0.4 is 0 Å². The lowest BCUT2D eigenvalue weighted by atomic mass is 9.87. The lowest BCUT2D eigenvalue weighted by molar-refractivity contribution is -0.329. The molecule has 0 aliphatic heterocycles. The van der Waals surface area contributed by atoms with Crippen LogP contribution >= 0.6 is 15.9 Å². The van der Waals surface area contributed by atoms with Crippen molar-refractivity contribution in [1.82, 2.24) is 4.98 Å². The predicted molar refractivity (Wildman–Crippen MR) is 57.0 cm³/mol. The summed E-state index contributed by atoms with van der Waals surface area (Å²) in [6.45, 7) is 2.90. The van der Waals surface area contributed by atoms with Gasteiger partial charge in [-0.05, 0) is 27.6 Å². The number of ether oxygens (including phenoxy) is 1. The van der Waals surface area contributed by atoms with E-state index in [0.29, 0.717) is 5.56 Å². The minimum absolute atomic E-state index is 0.436. The molecular weight excluding hydrogens is 287 g/mol. The number of hydrogen-bond acceptors (Lipinski definition) is 2. The molecule has 1 aromatic rings. The second-order valence-electron chi connectivity index (χ2n) is 4.01. The average molecular weight is 298 g/mol. The lowest BCUT2D eigenvalue weighted by Crippen LogP contribution is -2.29. The number of hydrogen-bond donors (Lipinski definition) is 0. The first-order valence-electron chi connectivity index (χ1n) is 4.52. The van der Waals surface area contributed by atoms with Crippen molar-refractivity contribution in [3.63, 3.8) is 0 Å². The second kappa shape index (κ2) is 4.71. The van der Waals surface area contributed by atoms with Crippen LogP contribution in [0.25, 0.3) is 0 Å². The van der Waals surface area contributed by atoms with E-state index in [2.05, 4.69) is 25.7 Å². The van der Waals surface area contributed by atoms with Gasteiger partial charge < -0.3 is 0 Å². The maximum Gasteiger partial charge on any atom is 0.522 e. The number of alkyl halides is 3. The molecular formula is C10H11BrF3NO. The largest absolute Gasteiger partial charge is 0.522 e. The van der Waals surface area contributed by atoms with Crippen LogP contribution in [-0.2, 0) is 10.2 Å². The van der Waals surface area contributed by atoms with Crippen molar-refractivity contribution in [1.29, 1.82) is 0 Å². The third kappa shape index (κ3) is 4.09. The SMILES string of the molecule is CC(C)(COC(F)(F)F)c1cncc(Br)c1. The fourth-order valence-corrected chi connectivity index (χ4v) is 1.49. The standard InChI is InChI=1S/C10H11BrF3NO/c1-9(2,6-16-10(12,13)14)7-3-8(11)5-15-4-7/h3-5H,6H2,1-2H3. The molecule has 0 fully saturated rings. The summed E-state index contributed by atoms with van der Waals surface area (Å²) in [5, 5.41) is 0. The first-order chi connectivity index (χ1) is 7.21. The van der Waals surface area contributed by atoms with Crippen LogP contribution in [0.5, 0.6) is 0 Å². The van der Waals surface area contributed by atoms with Crippen LogP contribution in [0.4, 0.5) is 13.2 Å². The van der Waals surface area contributed by atoms with E-state index >= 15 is 0 Å². The van der Waals surface area contributed by atoms with Crippen molar-refractivity contribution in [3.05, 3.63) is 28.5 Å². The third-order valence-electron chi connectivity index (χ3n) is 2.08. The first kappa shape index (κ1) is 13.4. The number of pyridine rings is 1. The summed E-state index contributed by atoms with van der Waals surface area (Å²) in [4.78, 5) is 3.91. The highest BCUT2D eigenvalue weighted by molar-refractivity contribution is 9.10. The Morgan fingerprint density at radius 1 is 1.31 bits per heavy atom. The van der Waals surface area contributed by atoms with Crippen molar-refractivity contribution in [2.75, 3.05) is 6.61 Å². The second-order valence-corrected chi connectivity index (χ2v) is 4.93. The molecule has 0 aromatic carbocycles. The Morgan fingerprint density at radius 3 is 2.44 bits per heavy atom. The van der Waals surface area contributed by atoms with Crippen LogP contribution in [0.2, 0.25) is 0 Å². The van der Waals surface area contributed by atoms with Gasteiger partial charge in [0.2, 0.25) is 0 Å². The summed E-state index contributed by atoms with van der Waals surface area (Å²) in [6, 6.07) is 1.73. The molecule has 6 heteroatoms. The first-order valence-corrected chi connectivity index (χ1v) is 5.32. The summed E-state index contributed by atoms with van der Waals surface area (Å²) >= 11 is 3.22. The highest BCUT2D eigenvalue weighted by Gasteiger charge is 2.33. The van der Waals surface area contributed by atoms with Gasteiger partial charge in [-0.3, -0.25) is 9.72 Å². The molecule has 1 aromatic heterocycles. The molecule has 0 radical (unpaired) electrons. The molecule has 0 aliphatic carbocycles. The number of halogens is 4. The maximum absolute atomic E-state index is 11.9. The Bertz CT molecular complexity index is 365. The monoisotopic (exact) mass is 297 g/mol. The van der Waals surface area contributed by atoms with Gasteiger partial charge in [0.05, 0.1) is 6.61 Å². The quantitative estimate of drug-likeness (QED) is 0.849. The topological polar surface area (TPSA) is 22.1 Å². The molecule has 16 heavy (non-hydrogen) atoms. The van der Waals surface area contributed by atoms with Crippen LogP contribution in [0.15, 0.2) is 22.9 Å². The maximum atomic E-state index is 11.9. The molecule has 2 nitrogen and oxygen atoms in total. The van der Waals surface area contributed by atoms with Crippen LogP contribution in [0.3, 0.4) is 0 Å². The third-order valence-corrected chi connectivity index (χ3v) is 2.52. The van der Waals surface area contributed by atoms with Gasteiger partial charge in [0.15, 0.2) is 0 Å². The van der Waals surface area contributed by atoms with E-state index in [0.717, 1.165) is 4.47 Å². The van der Waals surface area contributed by atoms with E-state index in [1.807, 2.05) is 0 Å². The van der Waals surface area contributed by atoms with Gasteiger partial charge in [0.1, 0.15) is 0 Å². The zero-order valence-corrected chi connectivity index (χ0v) is 10.4. The Hall–Kier alpha value is -0.620. The van der Waals surface area contributed by atoms with E-state index in [9.17, 15) is 13.2 Å². The molecule has 0 unspecified atom stereocenters. The molecule has 0 saturated heterocycles. The number of rotatable bonds is 3. The van der Waals surface area contributed by atoms with Crippen molar-refractivity contribution >= 4 is 15.9 Å². The lowest BCUT2D eigenvalue weighted by Gasteiger charge is -2.25. The normalized spacial score (nSPS) is 12.9. The smallest absolute Gasteiger partial charge is 0.291 e. The summed E-state index contributed by atoms with van der Waals surface area (Å²) in [7, 11) is 0. The van der Waals surface area contributed by atoms with Crippen molar-refractivity contribution in [2.24, 2.45) is 0 Å². The van der Waals surface area contributed by atoms with Crippen LogP contribution in [0, 0.1) is 0 Å². The highest BCUT2D eigenvalue weighted by Crippen LogP contribution is 2.28. The Balaban J connectivity index is 2.77. The summed E-state index contributed by atoms with van der Waals surface area (Å²) in [6.07, 6.45) is -1.49. The van der Waals surface area contributed by atoms with Gasteiger partial charge in [-0.2, -0.15) is 0 Å². The molecule has 1 rings (SSSR count). The van der Waals surface area contributed by atoms with E-state index in [1.165, 1.54) is 6.20 Å². The Morgan fingerprint density at radius 2 is 1.94 bits per heavy atom. The number of aromatic nitrogens is 1. The molecule has 0 bridgehead atoms. The van der Waals surface area contributed by atoms with Gasteiger partial charge in [0, 0.05) is 22.3 Å². The molecule has 0 N–H and O–H groups in total. The van der Waals surface area contributed by atoms with Crippen LogP contribution in [0.1, 0.15) is 19.4 Å². The minimum Gasteiger partial charge on any atom is -0.291 e. The van der Waals surface area contributed by atoms with Crippen molar-refractivity contribution in [3.8, 4) is 0 Å². The van der Waals surface area contributed by atoms with Gasteiger partial charge in [0.25, 0.3) is 0 Å². The number of nitrogens with zero attached hydrogens (tertiary/aromatic N) is 1. The fraction of sp³-hybridized carbons (Fsp3) is 0.500. The summed E-state index contributed by atoms with van der Waals surface area (Å²) < 4.78 is 40.4. The summed E-state index contributed by atoms with van der Waals surface area (Å²) in [5.74, 6) is 0. The van der Waals surface area contributed by atoms with Crippen LogP contribution in [-0.4, -0.2) is 18.0 Å². The molecule has 90 valence electrons. The van der Waals surface area contributed by atoms with E-state index in [4.69, 9.17) is 0 Å². The predicted octanol–water partition coefficient (Wildman–Crippen LogP) is 3.66. The molecule has 1 heterocycles. The molecule has 0 atom stereocenters. The zero-order chi connectivity index (χ0) is 12.4. The summed E-state index contributed by atoms with van der Waals surface area (Å²) in [5.41, 5.74) is -0.0575. The van der Waals surface area contributed by atoms with Crippen molar-refractivity contribution < 1.29 is 17.9 Å². The van der Waals surface area contributed by atoms with Gasteiger partial charge in [-0.15, -0.1) is 13.2 Å². The van der Waals surface area contributed by atoms with E-state index < -0.39 is 18.4 Å². The minimum atomic E-state index is -4.60. The van der Waals surface area contributed by atoms with E-state index in [-0.39, 0.29) is 0 Å². The molecule has 0 amide bonds. The van der Waals surface area contributed by atoms with Gasteiger partial charge in [-0.1, -0.05) is 13.8 Å². The molecule has 0 spiro atoms. The van der Waals surface area contributed by atoms with Gasteiger partial charge in [-0.25, -0.2) is 0 Å². The highest BCUT2D eigenvalue weighted by atomic mass is 79.9. The fourth-order valence-electron chi connectivity index (χ4n) is 1.13. The zero-order valence-electron chi connectivity index (χ0n) is 8.81. The Labute approximate surface area is 100.0 Å². The van der Waals surface area contributed by atoms with Crippen molar-refractivity contribution in [2.45, 2.75) is 25.6 Å². The Kier molecular flexibility index (Phi) is 3.96.